The van der Waals surface area contributed by atoms with Gasteiger partial charge in [-0.25, -0.2) is 4.39 Å². The van der Waals surface area contributed by atoms with E-state index in [1.807, 2.05) is 0 Å². The molecule has 4 heteroatoms. The molecule has 3 nitrogen and oxygen atoms in total. The number of benzene rings is 1. The number of amides is 1. The summed E-state index contributed by atoms with van der Waals surface area (Å²) in [5.41, 5.74) is 1.28. The molecule has 0 radical (unpaired) electrons. The number of rotatable bonds is 1. The summed E-state index contributed by atoms with van der Waals surface area (Å²) in [7, 11) is 0. The van der Waals surface area contributed by atoms with Gasteiger partial charge in [0.25, 0.3) is 5.91 Å². The average molecular weight is 207 g/mol. The number of hydrogen-bond donors (Lipinski definition) is 0. The Morgan fingerprint density at radius 3 is 2.67 bits per heavy atom. The molecule has 1 fully saturated rings. The normalized spacial score (nSPS) is 16.3. The van der Waals surface area contributed by atoms with Crippen LogP contribution >= 0.6 is 0 Å². The molecule has 0 N–H and O–H groups in total. The molecular weight excluding hydrogens is 197 g/mol. The van der Waals surface area contributed by atoms with Crippen LogP contribution in [0.2, 0.25) is 0 Å². The molecule has 0 aliphatic carbocycles. The van der Waals surface area contributed by atoms with Crippen LogP contribution in [-0.4, -0.2) is 18.2 Å². The van der Waals surface area contributed by atoms with Crippen molar-refractivity contribution in [3.05, 3.63) is 29.6 Å². The SMILES string of the molecule is Cc1ccc(F)cc1N1CCC(=O)C1=O. The van der Waals surface area contributed by atoms with Crippen LogP contribution in [-0.2, 0) is 9.59 Å². The van der Waals surface area contributed by atoms with Crippen LogP contribution in [0.3, 0.4) is 0 Å². The number of carbonyl (C=O) groups is 2. The lowest BCUT2D eigenvalue weighted by molar-refractivity contribution is -0.133. The number of ketones is 1. The Morgan fingerprint density at radius 1 is 1.33 bits per heavy atom. The molecule has 1 amide bonds. The van der Waals surface area contributed by atoms with E-state index in [9.17, 15) is 14.0 Å². The van der Waals surface area contributed by atoms with Gasteiger partial charge in [0.1, 0.15) is 5.82 Å². The molecule has 0 aromatic heterocycles. The number of hydrogen-bond acceptors (Lipinski definition) is 2. The molecule has 1 aliphatic rings. The van der Waals surface area contributed by atoms with Gasteiger partial charge >= 0.3 is 0 Å². The van der Waals surface area contributed by atoms with Gasteiger partial charge in [-0.2, -0.15) is 0 Å². The summed E-state index contributed by atoms with van der Waals surface area (Å²) in [5, 5.41) is 0. The highest BCUT2D eigenvalue weighted by atomic mass is 19.1. The number of anilines is 1. The first kappa shape index (κ1) is 9.83. The second-order valence-corrected chi connectivity index (χ2v) is 3.56. The molecule has 1 aromatic carbocycles. The van der Waals surface area contributed by atoms with E-state index in [-0.39, 0.29) is 6.42 Å². The second kappa shape index (κ2) is 3.46. The van der Waals surface area contributed by atoms with Gasteiger partial charge in [0.05, 0.1) is 0 Å². The van der Waals surface area contributed by atoms with E-state index >= 15 is 0 Å². The van der Waals surface area contributed by atoms with E-state index in [0.29, 0.717) is 12.2 Å². The van der Waals surface area contributed by atoms with Gasteiger partial charge in [0.2, 0.25) is 5.78 Å². The molecule has 1 aliphatic heterocycles. The standard InChI is InChI=1S/C11H10FNO2/c1-7-2-3-8(12)6-9(7)13-5-4-10(14)11(13)15/h2-3,6H,4-5H2,1H3. The molecule has 1 heterocycles. The molecular formula is C11H10FNO2. The summed E-state index contributed by atoms with van der Waals surface area (Å²) in [6, 6.07) is 4.22. The van der Waals surface area contributed by atoms with Crippen molar-refractivity contribution in [1.82, 2.24) is 0 Å². The Balaban J connectivity index is 2.42. The molecule has 0 bridgehead atoms. The Bertz CT molecular complexity index is 442. The second-order valence-electron chi connectivity index (χ2n) is 3.56. The van der Waals surface area contributed by atoms with Crippen molar-refractivity contribution in [3.63, 3.8) is 0 Å². The Labute approximate surface area is 86.5 Å². The largest absolute Gasteiger partial charge is 0.305 e. The van der Waals surface area contributed by atoms with Crippen LogP contribution in [0.4, 0.5) is 10.1 Å². The van der Waals surface area contributed by atoms with Gasteiger partial charge in [-0.05, 0) is 24.6 Å². The fourth-order valence-corrected chi connectivity index (χ4v) is 1.68. The molecule has 0 saturated carbocycles. The smallest absolute Gasteiger partial charge is 0.294 e. The number of nitrogens with zero attached hydrogens (tertiary/aromatic N) is 1. The predicted molar refractivity (Wildman–Crippen MR) is 53.1 cm³/mol. The van der Waals surface area contributed by atoms with E-state index in [2.05, 4.69) is 0 Å². The lowest BCUT2D eigenvalue weighted by Crippen LogP contribution is -2.27. The van der Waals surface area contributed by atoms with Gasteiger partial charge in [0.15, 0.2) is 0 Å². The number of carbonyl (C=O) groups excluding carboxylic acids is 2. The maximum absolute atomic E-state index is 13.0. The predicted octanol–water partition coefficient (Wildman–Crippen LogP) is 1.44. The summed E-state index contributed by atoms with van der Waals surface area (Å²) in [4.78, 5) is 23.8. The molecule has 0 atom stereocenters. The van der Waals surface area contributed by atoms with Crippen molar-refractivity contribution in [2.24, 2.45) is 0 Å². The van der Waals surface area contributed by atoms with Gasteiger partial charge in [-0.15, -0.1) is 0 Å². The zero-order valence-electron chi connectivity index (χ0n) is 8.29. The summed E-state index contributed by atoms with van der Waals surface area (Å²) >= 11 is 0. The maximum atomic E-state index is 13.0. The van der Waals surface area contributed by atoms with Crippen LogP contribution in [0, 0.1) is 12.7 Å². The highest BCUT2D eigenvalue weighted by Gasteiger charge is 2.31. The highest BCUT2D eigenvalue weighted by Crippen LogP contribution is 2.24. The summed E-state index contributed by atoms with van der Waals surface area (Å²) in [5.74, 6) is -1.34. The topological polar surface area (TPSA) is 37.4 Å². The van der Waals surface area contributed by atoms with E-state index in [4.69, 9.17) is 0 Å². The minimum atomic E-state index is -0.538. The van der Waals surface area contributed by atoms with E-state index in [0.717, 1.165) is 5.56 Å². The van der Waals surface area contributed by atoms with Crippen molar-refractivity contribution < 1.29 is 14.0 Å². The molecule has 1 saturated heterocycles. The highest BCUT2D eigenvalue weighted by molar-refractivity contribution is 6.43. The first-order chi connectivity index (χ1) is 7.09. The van der Waals surface area contributed by atoms with E-state index < -0.39 is 17.5 Å². The molecule has 1 aromatic rings. The minimum absolute atomic E-state index is 0.217. The maximum Gasteiger partial charge on any atom is 0.294 e. The van der Waals surface area contributed by atoms with Crippen molar-refractivity contribution in [2.75, 3.05) is 11.4 Å². The molecule has 0 unspecified atom stereocenters. The zero-order chi connectivity index (χ0) is 11.0. The van der Waals surface area contributed by atoms with Crippen molar-refractivity contribution in [2.45, 2.75) is 13.3 Å². The van der Waals surface area contributed by atoms with Crippen LogP contribution in [0.25, 0.3) is 0 Å². The van der Waals surface area contributed by atoms with Crippen LogP contribution < -0.4 is 4.90 Å². The lowest BCUT2D eigenvalue weighted by atomic mass is 10.2. The third-order valence-electron chi connectivity index (χ3n) is 2.51. The first-order valence-electron chi connectivity index (χ1n) is 4.70. The summed E-state index contributed by atoms with van der Waals surface area (Å²) < 4.78 is 13.0. The lowest BCUT2D eigenvalue weighted by Gasteiger charge is -2.17. The zero-order valence-corrected chi connectivity index (χ0v) is 8.29. The van der Waals surface area contributed by atoms with Gasteiger partial charge in [-0.1, -0.05) is 6.07 Å². The summed E-state index contributed by atoms with van der Waals surface area (Å²) in [6.07, 6.45) is 0.217. The fraction of sp³-hybridized carbons (Fsp3) is 0.273. The Hall–Kier alpha value is -1.71. The van der Waals surface area contributed by atoms with Gasteiger partial charge in [0, 0.05) is 18.7 Å². The number of Topliss-reactive ketones (excluding diaryl/α,β-unsaturated/α-hetero) is 1. The average Bonchev–Trinajstić information content (AvgIpc) is 2.52. The van der Waals surface area contributed by atoms with Crippen LogP contribution in [0.15, 0.2) is 18.2 Å². The monoisotopic (exact) mass is 207 g/mol. The molecule has 78 valence electrons. The summed E-state index contributed by atoms with van der Waals surface area (Å²) in [6.45, 7) is 2.13. The Kier molecular flexibility index (Phi) is 2.26. The molecule has 2 rings (SSSR count). The van der Waals surface area contributed by atoms with E-state index in [1.165, 1.54) is 17.0 Å². The van der Waals surface area contributed by atoms with Crippen molar-refractivity contribution >= 4 is 17.4 Å². The van der Waals surface area contributed by atoms with Crippen molar-refractivity contribution in [3.8, 4) is 0 Å². The fourth-order valence-electron chi connectivity index (χ4n) is 1.68. The van der Waals surface area contributed by atoms with Gasteiger partial charge in [-0.3, -0.25) is 9.59 Å². The molecule has 0 spiro atoms. The number of halogens is 1. The van der Waals surface area contributed by atoms with Crippen LogP contribution in [0.5, 0.6) is 0 Å². The third kappa shape index (κ3) is 1.63. The van der Waals surface area contributed by atoms with E-state index in [1.54, 1.807) is 13.0 Å². The minimum Gasteiger partial charge on any atom is -0.305 e. The Morgan fingerprint density at radius 2 is 2.07 bits per heavy atom. The quantitative estimate of drug-likeness (QED) is 0.653. The third-order valence-corrected chi connectivity index (χ3v) is 2.51. The van der Waals surface area contributed by atoms with Crippen LogP contribution in [0.1, 0.15) is 12.0 Å². The van der Waals surface area contributed by atoms with Gasteiger partial charge < -0.3 is 4.90 Å². The first-order valence-corrected chi connectivity index (χ1v) is 4.70. The van der Waals surface area contributed by atoms with Crippen molar-refractivity contribution in [1.29, 1.82) is 0 Å². The molecule has 15 heavy (non-hydrogen) atoms. The number of aryl methyl sites for hydroxylation is 1.